The lowest BCUT2D eigenvalue weighted by Gasteiger charge is -2.06. The van der Waals surface area contributed by atoms with E-state index in [1.54, 1.807) is 24.3 Å². The average Bonchev–Trinajstić information content (AvgIpc) is 3.26. The molecule has 0 saturated heterocycles. The maximum atomic E-state index is 13.0. The number of hydrogen-bond donors (Lipinski definition) is 1. The van der Waals surface area contributed by atoms with Crippen LogP contribution in [0.1, 0.15) is 11.5 Å². The largest absolute Gasteiger partial charge is 0.395 e. The van der Waals surface area contributed by atoms with Crippen molar-refractivity contribution >= 4 is 33.0 Å². The van der Waals surface area contributed by atoms with Gasteiger partial charge >= 0.3 is 0 Å². The lowest BCUT2D eigenvalue weighted by molar-refractivity contribution is 0.242. The summed E-state index contributed by atoms with van der Waals surface area (Å²) in [5.74, 6) is -0.633. The van der Waals surface area contributed by atoms with Crippen molar-refractivity contribution in [2.45, 2.75) is 16.1 Å². The molecule has 0 heterocycles. The number of hydrogen-bond acceptors (Lipinski definition) is 4. The van der Waals surface area contributed by atoms with Gasteiger partial charge in [0, 0.05) is 16.0 Å². The molecule has 1 N–H and O–H groups in total. The first-order chi connectivity index (χ1) is 11.4. The van der Waals surface area contributed by atoms with Gasteiger partial charge in [0.05, 0.1) is 22.8 Å². The van der Waals surface area contributed by atoms with Crippen LogP contribution >= 0.6 is 23.2 Å². The minimum atomic E-state index is -3.81. The van der Waals surface area contributed by atoms with Crippen LogP contribution in [0.5, 0.6) is 0 Å². The summed E-state index contributed by atoms with van der Waals surface area (Å²) in [5.41, 5.74) is -0.746. The molecule has 24 heavy (non-hydrogen) atoms. The molecule has 0 spiro atoms. The maximum absolute atomic E-state index is 13.0. The summed E-state index contributed by atoms with van der Waals surface area (Å²) in [5, 5.41) is 19.1. The van der Waals surface area contributed by atoms with E-state index in [-0.39, 0.29) is 4.90 Å². The average molecular weight is 382 g/mol. The topological polar surface area (TPSA) is 78.2 Å². The van der Waals surface area contributed by atoms with Gasteiger partial charge in [-0.15, -0.1) is 0 Å². The van der Waals surface area contributed by atoms with Crippen LogP contribution in [0.2, 0.25) is 10.0 Å². The van der Waals surface area contributed by atoms with Gasteiger partial charge in [-0.1, -0.05) is 35.3 Å². The van der Waals surface area contributed by atoms with Crippen LogP contribution in [0.15, 0.2) is 53.4 Å². The highest BCUT2D eigenvalue weighted by Gasteiger charge is 2.72. The zero-order valence-corrected chi connectivity index (χ0v) is 14.7. The number of sulfone groups is 1. The molecule has 4 nitrogen and oxygen atoms in total. The minimum absolute atomic E-state index is 0.0782. The number of nitriles is 1. The highest BCUT2D eigenvalue weighted by Crippen LogP contribution is 2.63. The molecule has 1 aliphatic rings. The van der Waals surface area contributed by atoms with Crippen molar-refractivity contribution in [3.05, 3.63) is 64.1 Å². The van der Waals surface area contributed by atoms with Crippen LogP contribution in [0.25, 0.3) is 0 Å². The fourth-order valence-electron chi connectivity index (χ4n) is 3.16. The molecule has 1 aliphatic carbocycles. The Kier molecular flexibility index (Phi) is 4.35. The van der Waals surface area contributed by atoms with Crippen LogP contribution in [-0.4, -0.2) is 25.4 Å². The maximum Gasteiger partial charge on any atom is 0.183 e. The Hall–Kier alpha value is -1.58. The van der Waals surface area contributed by atoms with Crippen molar-refractivity contribution in [3.8, 4) is 6.07 Å². The Morgan fingerprint density at radius 1 is 1.12 bits per heavy atom. The predicted octanol–water partition coefficient (Wildman–Crippen LogP) is 3.44. The van der Waals surface area contributed by atoms with Crippen molar-refractivity contribution in [1.82, 2.24) is 0 Å². The fourth-order valence-corrected chi connectivity index (χ4v) is 5.80. The summed E-state index contributed by atoms with van der Waals surface area (Å²) in [6, 6.07) is 14.5. The van der Waals surface area contributed by atoms with E-state index >= 15 is 0 Å². The molecule has 2 aromatic rings. The molecule has 3 atom stereocenters. The molecule has 7 heteroatoms. The molecule has 0 aromatic heterocycles. The first-order valence-electron chi connectivity index (χ1n) is 7.14. The standard InChI is InChI=1S/C17H13Cl2NO3S/c18-12-4-6-14(7-5-12)24(22,23)16-15(17(16,9-20)10-21)11-2-1-3-13(19)8-11/h1-8,15-16,21H,10H2/t15-,16-,17-/m0/s1. The molecule has 124 valence electrons. The third kappa shape index (κ3) is 2.60. The van der Waals surface area contributed by atoms with Gasteiger partial charge in [0.2, 0.25) is 0 Å². The molecular weight excluding hydrogens is 369 g/mol. The highest BCUT2D eigenvalue weighted by molar-refractivity contribution is 7.92. The van der Waals surface area contributed by atoms with Crippen LogP contribution < -0.4 is 0 Å². The number of nitrogens with zero attached hydrogens (tertiary/aromatic N) is 1. The molecule has 1 saturated carbocycles. The summed E-state index contributed by atoms with van der Waals surface area (Å²) >= 11 is 11.8. The molecule has 2 aromatic carbocycles. The van der Waals surface area contributed by atoms with Gasteiger partial charge in [-0.25, -0.2) is 8.42 Å². The summed E-state index contributed by atoms with van der Waals surface area (Å²) in [7, 11) is -3.81. The normalized spacial score (nSPS) is 25.9. The van der Waals surface area contributed by atoms with Gasteiger partial charge in [-0.05, 0) is 42.0 Å². The van der Waals surface area contributed by atoms with Crippen molar-refractivity contribution in [2.75, 3.05) is 6.61 Å². The predicted molar refractivity (Wildman–Crippen MR) is 91.8 cm³/mol. The molecule has 0 aliphatic heterocycles. The number of aliphatic hydroxyl groups is 1. The summed E-state index contributed by atoms with van der Waals surface area (Å²) in [6.45, 7) is -0.543. The van der Waals surface area contributed by atoms with E-state index in [4.69, 9.17) is 23.2 Å². The fraction of sp³-hybridized carbons (Fsp3) is 0.235. The van der Waals surface area contributed by atoms with Crippen LogP contribution in [-0.2, 0) is 9.84 Å². The molecule has 0 radical (unpaired) electrons. The van der Waals surface area contributed by atoms with Gasteiger partial charge in [0.25, 0.3) is 0 Å². The first-order valence-corrected chi connectivity index (χ1v) is 9.44. The zero-order chi connectivity index (χ0) is 17.5. The third-order valence-electron chi connectivity index (χ3n) is 4.41. The van der Waals surface area contributed by atoms with Crippen molar-refractivity contribution in [2.24, 2.45) is 5.41 Å². The smallest absolute Gasteiger partial charge is 0.183 e. The van der Waals surface area contributed by atoms with Gasteiger partial charge in [-0.3, -0.25) is 0 Å². The van der Waals surface area contributed by atoms with Crippen molar-refractivity contribution in [3.63, 3.8) is 0 Å². The first kappa shape index (κ1) is 17.2. The Morgan fingerprint density at radius 3 is 2.33 bits per heavy atom. The number of rotatable bonds is 4. The Bertz CT molecular complexity index is 922. The molecular formula is C17H13Cl2NO3S. The van der Waals surface area contributed by atoms with E-state index < -0.39 is 33.0 Å². The quantitative estimate of drug-likeness (QED) is 0.879. The monoisotopic (exact) mass is 381 g/mol. The Balaban J connectivity index is 2.08. The van der Waals surface area contributed by atoms with Crippen molar-refractivity contribution < 1.29 is 13.5 Å². The minimum Gasteiger partial charge on any atom is -0.395 e. The van der Waals surface area contributed by atoms with Gasteiger partial charge in [0.15, 0.2) is 9.84 Å². The van der Waals surface area contributed by atoms with Gasteiger partial charge in [-0.2, -0.15) is 5.26 Å². The summed E-state index contributed by atoms with van der Waals surface area (Å²) in [4.78, 5) is 0.0782. The van der Waals surface area contributed by atoms with Gasteiger partial charge < -0.3 is 5.11 Å². The second-order valence-corrected chi connectivity index (χ2v) is 8.70. The molecule has 3 rings (SSSR count). The highest BCUT2D eigenvalue weighted by atomic mass is 35.5. The van der Waals surface area contributed by atoms with E-state index in [9.17, 15) is 18.8 Å². The van der Waals surface area contributed by atoms with E-state index in [0.717, 1.165) is 0 Å². The SMILES string of the molecule is N#C[C@]1(CO)[C@@H](c2cccc(Cl)c2)[C@@H]1S(=O)(=O)c1ccc(Cl)cc1. The second-order valence-electron chi connectivity index (χ2n) is 5.76. The van der Waals surface area contributed by atoms with E-state index in [2.05, 4.69) is 0 Å². The van der Waals surface area contributed by atoms with E-state index in [0.29, 0.717) is 15.6 Å². The Labute approximate surface area is 150 Å². The zero-order valence-electron chi connectivity index (χ0n) is 12.4. The summed E-state index contributed by atoms with van der Waals surface area (Å²) in [6.07, 6.45) is 0. The van der Waals surface area contributed by atoms with E-state index in [1.807, 2.05) is 6.07 Å². The molecule has 1 fully saturated rings. The summed E-state index contributed by atoms with van der Waals surface area (Å²) < 4.78 is 25.9. The third-order valence-corrected chi connectivity index (χ3v) is 7.19. The lowest BCUT2D eigenvalue weighted by Crippen LogP contribution is -2.18. The van der Waals surface area contributed by atoms with Crippen LogP contribution in [0, 0.1) is 16.7 Å². The van der Waals surface area contributed by atoms with Crippen LogP contribution in [0.3, 0.4) is 0 Å². The molecule has 0 amide bonds. The van der Waals surface area contributed by atoms with Crippen LogP contribution in [0.4, 0.5) is 0 Å². The van der Waals surface area contributed by atoms with E-state index in [1.165, 1.54) is 24.3 Å². The second kappa shape index (κ2) is 6.05. The number of halogens is 2. The Morgan fingerprint density at radius 2 is 1.79 bits per heavy atom. The van der Waals surface area contributed by atoms with Gasteiger partial charge in [0.1, 0.15) is 5.41 Å². The van der Waals surface area contributed by atoms with Crippen molar-refractivity contribution in [1.29, 1.82) is 5.26 Å². The number of benzene rings is 2. The number of aliphatic hydroxyl groups excluding tert-OH is 1. The molecule has 0 unspecified atom stereocenters. The lowest BCUT2D eigenvalue weighted by atomic mass is 10.0. The molecule has 0 bridgehead atoms.